The van der Waals surface area contributed by atoms with E-state index in [0.717, 1.165) is 25.7 Å². The Labute approximate surface area is 110 Å². The molecular weight excluding hydrogens is 230 g/mol. The number of nitrogens with zero attached hydrogens (tertiary/aromatic N) is 1. The molecule has 0 unspecified atom stereocenters. The van der Waals surface area contributed by atoms with Crippen molar-refractivity contribution in [1.29, 1.82) is 0 Å². The standard InChI is InChI=1S/C14H25NO3/c1-5-7-8-9-10-15(13(16)6-2)11-14(17)18-12(3)4/h6,12H,2,5,7-11H2,1,3-4H3. The second kappa shape index (κ2) is 9.68. The summed E-state index contributed by atoms with van der Waals surface area (Å²) in [6.07, 6.45) is 5.34. The van der Waals surface area contributed by atoms with Crippen LogP contribution in [0.5, 0.6) is 0 Å². The van der Waals surface area contributed by atoms with Crippen molar-refractivity contribution in [2.45, 2.75) is 52.6 Å². The number of esters is 1. The fraction of sp³-hybridized carbons (Fsp3) is 0.714. The minimum Gasteiger partial charge on any atom is -0.462 e. The predicted molar refractivity (Wildman–Crippen MR) is 72.1 cm³/mol. The molecule has 0 rings (SSSR count). The molecule has 104 valence electrons. The van der Waals surface area contributed by atoms with Gasteiger partial charge in [-0.15, -0.1) is 0 Å². The van der Waals surface area contributed by atoms with E-state index in [1.165, 1.54) is 11.0 Å². The van der Waals surface area contributed by atoms with Crippen molar-refractivity contribution in [3.8, 4) is 0 Å². The molecule has 0 aromatic heterocycles. The minimum absolute atomic E-state index is 0.00909. The molecule has 0 spiro atoms. The molecule has 4 nitrogen and oxygen atoms in total. The van der Waals surface area contributed by atoms with E-state index in [1.807, 2.05) is 0 Å². The molecule has 4 heteroatoms. The highest BCUT2D eigenvalue weighted by Gasteiger charge is 2.15. The molecule has 0 aliphatic rings. The number of carbonyl (C=O) groups excluding carboxylic acids is 2. The molecule has 0 N–H and O–H groups in total. The van der Waals surface area contributed by atoms with Crippen LogP contribution >= 0.6 is 0 Å². The number of rotatable bonds is 9. The Balaban J connectivity index is 4.18. The Bertz CT molecular complexity index is 274. The number of carbonyl (C=O) groups is 2. The van der Waals surface area contributed by atoms with Crippen LogP contribution < -0.4 is 0 Å². The topological polar surface area (TPSA) is 46.6 Å². The van der Waals surface area contributed by atoms with Crippen molar-refractivity contribution in [2.75, 3.05) is 13.1 Å². The summed E-state index contributed by atoms with van der Waals surface area (Å²) in [4.78, 5) is 24.6. The monoisotopic (exact) mass is 255 g/mol. The number of ether oxygens (including phenoxy) is 1. The lowest BCUT2D eigenvalue weighted by Gasteiger charge is -2.20. The van der Waals surface area contributed by atoms with Crippen LogP contribution in [0.15, 0.2) is 12.7 Å². The Morgan fingerprint density at radius 3 is 2.44 bits per heavy atom. The average Bonchev–Trinajstić information content (AvgIpc) is 2.31. The maximum Gasteiger partial charge on any atom is 0.325 e. The van der Waals surface area contributed by atoms with Crippen molar-refractivity contribution < 1.29 is 14.3 Å². The van der Waals surface area contributed by atoms with Gasteiger partial charge in [0.05, 0.1) is 6.10 Å². The van der Waals surface area contributed by atoms with E-state index in [0.29, 0.717) is 6.54 Å². The minimum atomic E-state index is -0.365. The van der Waals surface area contributed by atoms with Gasteiger partial charge in [-0.2, -0.15) is 0 Å². The van der Waals surface area contributed by atoms with Crippen molar-refractivity contribution in [1.82, 2.24) is 4.90 Å². The summed E-state index contributed by atoms with van der Waals surface area (Å²) < 4.78 is 5.04. The SMILES string of the molecule is C=CC(=O)N(CCCCCC)CC(=O)OC(C)C. The van der Waals surface area contributed by atoms with Gasteiger partial charge in [-0.25, -0.2) is 0 Å². The third-order valence-electron chi connectivity index (χ3n) is 2.45. The lowest BCUT2D eigenvalue weighted by molar-refractivity contribution is -0.151. The summed E-state index contributed by atoms with van der Waals surface area (Å²) in [6.45, 7) is 9.75. The first kappa shape index (κ1) is 16.7. The summed E-state index contributed by atoms with van der Waals surface area (Å²) in [6, 6.07) is 0. The first-order valence-electron chi connectivity index (χ1n) is 6.62. The van der Waals surface area contributed by atoms with Crippen LogP contribution in [0.3, 0.4) is 0 Å². The fourth-order valence-corrected chi connectivity index (χ4v) is 1.58. The molecule has 0 aromatic rings. The molecule has 0 fully saturated rings. The van der Waals surface area contributed by atoms with Gasteiger partial charge in [0, 0.05) is 6.54 Å². The van der Waals surface area contributed by atoms with Crippen molar-refractivity contribution in [3.05, 3.63) is 12.7 Å². The summed E-state index contributed by atoms with van der Waals surface area (Å²) in [7, 11) is 0. The molecule has 0 aliphatic heterocycles. The molecule has 0 saturated carbocycles. The zero-order chi connectivity index (χ0) is 14.0. The molecule has 18 heavy (non-hydrogen) atoms. The Morgan fingerprint density at radius 2 is 1.94 bits per heavy atom. The van der Waals surface area contributed by atoms with Gasteiger partial charge < -0.3 is 9.64 Å². The van der Waals surface area contributed by atoms with Gasteiger partial charge in [0.2, 0.25) is 5.91 Å². The van der Waals surface area contributed by atoms with Crippen LogP contribution in [0.1, 0.15) is 46.5 Å². The van der Waals surface area contributed by atoms with Gasteiger partial charge in [0.15, 0.2) is 0 Å². The van der Waals surface area contributed by atoms with Gasteiger partial charge in [-0.3, -0.25) is 9.59 Å². The van der Waals surface area contributed by atoms with Crippen LogP contribution in [0.4, 0.5) is 0 Å². The second-order valence-electron chi connectivity index (χ2n) is 4.56. The summed E-state index contributed by atoms with van der Waals surface area (Å²) in [5.74, 6) is -0.581. The van der Waals surface area contributed by atoms with Gasteiger partial charge in [0.1, 0.15) is 6.54 Å². The molecule has 0 heterocycles. The number of hydrogen-bond acceptors (Lipinski definition) is 3. The van der Waals surface area contributed by atoms with Crippen LogP contribution in [0.25, 0.3) is 0 Å². The van der Waals surface area contributed by atoms with E-state index in [-0.39, 0.29) is 24.5 Å². The molecule has 0 aromatic carbocycles. The van der Waals surface area contributed by atoms with Gasteiger partial charge >= 0.3 is 5.97 Å². The first-order valence-corrected chi connectivity index (χ1v) is 6.62. The highest BCUT2D eigenvalue weighted by Crippen LogP contribution is 2.03. The van der Waals surface area contributed by atoms with E-state index >= 15 is 0 Å². The normalized spacial score (nSPS) is 10.2. The molecule has 1 amide bonds. The molecule has 0 atom stereocenters. The summed E-state index contributed by atoms with van der Waals surface area (Å²) in [5.41, 5.74) is 0. The second-order valence-corrected chi connectivity index (χ2v) is 4.56. The Morgan fingerprint density at radius 1 is 1.28 bits per heavy atom. The first-order chi connectivity index (χ1) is 8.51. The van der Waals surface area contributed by atoms with Gasteiger partial charge in [0.25, 0.3) is 0 Å². The van der Waals surface area contributed by atoms with Crippen molar-refractivity contribution in [2.24, 2.45) is 0 Å². The van der Waals surface area contributed by atoms with E-state index in [2.05, 4.69) is 13.5 Å². The number of unbranched alkanes of at least 4 members (excludes halogenated alkanes) is 3. The molecule has 0 bridgehead atoms. The van der Waals surface area contributed by atoms with Crippen LogP contribution in [-0.2, 0) is 14.3 Å². The van der Waals surface area contributed by atoms with Crippen molar-refractivity contribution >= 4 is 11.9 Å². The Hall–Kier alpha value is -1.32. The number of hydrogen-bond donors (Lipinski definition) is 0. The largest absolute Gasteiger partial charge is 0.462 e. The van der Waals surface area contributed by atoms with Crippen LogP contribution in [-0.4, -0.2) is 36.0 Å². The van der Waals surface area contributed by atoms with Crippen molar-refractivity contribution in [3.63, 3.8) is 0 Å². The van der Waals surface area contributed by atoms with E-state index in [1.54, 1.807) is 13.8 Å². The van der Waals surface area contributed by atoms with Crippen LogP contribution in [0, 0.1) is 0 Å². The van der Waals surface area contributed by atoms with Gasteiger partial charge in [-0.05, 0) is 26.3 Å². The summed E-state index contributed by atoms with van der Waals surface area (Å²) in [5, 5.41) is 0. The van der Waals surface area contributed by atoms with E-state index < -0.39 is 0 Å². The zero-order valence-electron chi connectivity index (χ0n) is 11.8. The van der Waals surface area contributed by atoms with Gasteiger partial charge in [-0.1, -0.05) is 32.8 Å². The van der Waals surface area contributed by atoms with Crippen LogP contribution in [0.2, 0.25) is 0 Å². The highest BCUT2D eigenvalue weighted by molar-refractivity contribution is 5.89. The maximum atomic E-state index is 11.6. The maximum absolute atomic E-state index is 11.6. The quantitative estimate of drug-likeness (QED) is 0.361. The molecule has 0 radical (unpaired) electrons. The smallest absolute Gasteiger partial charge is 0.325 e. The molecule has 0 aliphatic carbocycles. The van der Waals surface area contributed by atoms with E-state index in [9.17, 15) is 9.59 Å². The summed E-state index contributed by atoms with van der Waals surface area (Å²) >= 11 is 0. The molecular formula is C14H25NO3. The third-order valence-corrected chi connectivity index (χ3v) is 2.45. The fourth-order valence-electron chi connectivity index (χ4n) is 1.58. The lowest BCUT2D eigenvalue weighted by Crippen LogP contribution is -2.36. The van der Waals surface area contributed by atoms with E-state index in [4.69, 9.17) is 4.74 Å². The molecule has 0 saturated heterocycles. The zero-order valence-corrected chi connectivity index (χ0v) is 11.8. The third kappa shape index (κ3) is 7.87. The Kier molecular flexibility index (Phi) is 8.97. The lowest BCUT2D eigenvalue weighted by atomic mass is 10.2. The average molecular weight is 255 g/mol. The number of amides is 1. The highest BCUT2D eigenvalue weighted by atomic mass is 16.5. The predicted octanol–water partition coefficient (Wildman–Crippen LogP) is 2.53.